The molecular formula is C12H20BrN3OS. The van der Waals surface area contributed by atoms with Crippen molar-refractivity contribution in [1.29, 1.82) is 0 Å². The quantitative estimate of drug-likeness (QED) is 0.865. The van der Waals surface area contributed by atoms with Crippen LogP contribution in [0.1, 0.15) is 17.8 Å². The van der Waals surface area contributed by atoms with Gasteiger partial charge in [0.2, 0.25) is 5.91 Å². The van der Waals surface area contributed by atoms with E-state index < -0.39 is 0 Å². The molecule has 0 spiro atoms. The molecule has 1 atom stereocenters. The van der Waals surface area contributed by atoms with E-state index in [0.29, 0.717) is 13.1 Å². The standard InChI is InChI=1S/C12H20BrN3OS/c1-4-16(7-12(17)15(2)3)10(6-14)11-5-9(13)8-18-11/h5,8,10H,4,6-7,14H2,1-3H3. The van der Waals surface area contributed by atoms with Gasteiger partial charge in [-0.3, -0.25) is 9.69 Å². The minimum Gasteiger partial charge on any atom is -0.348 e. The molecule has 0 radical (unpaired) electrons. The highest BCUT2D eigenvalue weighted by Crippen LogP contribution is 2.28. The van der Waals surface area contributed by atoms with E-state index in [2.05, 4.69) is 26.9 Å². The summed E-state index contributed by atoms with van der Waals surface area (Å²) in [6.07, 6.45) is 0. The van der Waals surface area contributed by atoms with Gasteiger partial charge < -0.3 is 10.6 Å². The van der Waals surface area contributed by atoms with Gasteiger partial charge in [0.1, 0.15) is 0 Å². The van der Waals surface area contributed by atoms with Gasteiger partial charge in [-0.2, -0.15) is 0 Å². The summed E-state index contributed by atoms with van der Waals surface area (Å²) in [5.74, 6) is 0.103. The molecule has 18 heavy (non-hydrogen) atoms. The first-order chi connectivity index (χ1) is 8.49. The first kappa shape index (κ1) is 15.6. The average Bonchev–Trinajstić information content (AvgIpc) is 2.75. The lowest BCUT2D eigenvalue weighted by Gasteiger charge is -2.29. The van der Waals surface area contributed by atoms with Gasteiger partial charge in [-0.25, -0.2) is 0 Å². The number of nitrogens with two attached hydrogens (primary N) is 1. The highest BCUT2D eigenvalue weighted by molar-refractivity contribution is 9.10. The van der Waals surface area contributed by atoms with Gasteiger partial charge in [0.15, 0.2) is 0 Å². The van der Waals surface area contributed by atoms with E-state index in [0.717, 1.165) is 11.0 Å². The van der Waals surface area contributed by atoms with Gasteiger partial charge in [0.25, 0.3) is 0 Å². The predicted molar refractivity (Wildman–Crippen MR) is 79.8 cm³/mol. The number of nitrogens with zero attached hydrogens (tertiary/aromatic N) is 2. The minimum atomic E-state index is 0.103. The van der Waals surface area contributed by atoms with Crippen LogP contribution in [0.4, 0.5) is 0 Å². The second-order valence-corrected chi connectivity index (χ2v) is 6.13. The molecule has 1 amide bonds. The number of rotatable bonds is 6. The predicted octanol–water partition coefficient (Wildman–Crippen LogP) is 1.92. The maximum Gasteiger partial charge on any atom is 0.236 e. The molecule has 0 aromatic carbocycles. The van der Waals surface area contributed by atoms with E-state index in [4.69, 9.17) is 5.73 Å². The Labute approximate surface area is 121 Å². The van der Waals surface area contributed by atoms with E-state index in [9.17, 15) is 4.79 Å². The summed E-state index contributed by atoms with van der Waals surface area (Å²) in [5, 5.41) is 2.04. The van der Waals surface area contributed by atoms with E-state index in [1.165, 1.54) is 4.88 Å². The van der Waals surface area contributed by atoms with Gasteiger partial charge in [-0.05, 0) is 28.5 Å². The Bertz CT molecular complexity index is 394. The van der Waals surface area contributed by atoms with Crippen LogP contribution in [-0.4, -0.2) is 49.4 Å². The van der Waals surface area contributed by atoms with E-state index in [1.54, 1.807) is 30.3 Å². The Morgan fingerprint density at radius 3 is 2.61 bits per heavy atom. The van der Waals surface area contributed by atoms with Crippen LogP contribution in [0.15, 0.2) is 15.9 Å². The summed E-state index contributed by atoms with van der Waals surface area (Å²) in [7, 11) is 3.55. The number of carbonyl (C=O) groups excluding carboxylic acids is 1. The van der Waals surface area contributed by atoms with Crippen LogP contribution in [0.25, 0.3) is 0 Å². The molecule has 6 heteroatoms. The molecular weight excluding hydrogens is 314 g/mol. The number of likely N-dealkylation sites (N-methyl/N-ethyl adjacent to an activating group) is 2. The number of amides is 1. The summed E-state index contributed by atoms with van der Waals surface area (Å²) in [5.41, 5.74) is 5.87. The summed E-state index contributed by atoms with van der Waals surface area (Å²) in [6, 6.07) is 2.18. The van der Waals surface area contributed by atoms with Crippen LogP contribution in [0.3, 0.4) is 0 Å². The van der Waals surface area contributed by atoms with Crippen molar-refractivity contribution in [3.05, 3.63) is 20.8 Å². The monoisotopic (exact) mass is 333 g/mol. The van der Waals surface area contributed by atoms with Gasteiger partial charge in [0, 0.05) is 35.4 Å². The SMILES string of the molecule is CCN(CC(=O)N(C)C)C(CN)c1cc(Br)cs1. The first-order valence-corrected chi connectivity index (χ1v) is 7.55. The van der Waals surface area contributed by atoms with E-state index in [-0.39, 0.29) is 11.9 Å². The van der Waals surface area contributed by atoms with Crippen molar-refractivity contribution < 1.29 is 4.79 Å². The molecule has 0 saturated carbocycles. The molecule has 102 valence electrons. The second kappa shape index (κ2) is 7.23. The molecule has 1 unspecified atom stereocenters. The molecule has 1 rings (SSSR count). The Morgan fingerprint density at radius 1 is 1.56 bits per heavy atom. The van der Waals surface area contributed by atoms with E-state index in [1.807, 2.05) is 12.3 Å². The normalized spacial score (nSPS) is 12.8. The number of hydrogen-bond acceptors (Lipinski definition) is 4. The Hall–Kier alpha value is -0.430. The summed E-state index contributed by atoms with van der Waals surface area (Å²) in [4.78, 5) is 16.7. The molecule has 0 fully saturated rings. The van der Waals surface area contributed by atoms with E-state index >= 15 is 0 Å². The molecule has 1 aromatic rings. The van der Waals surface area contributed by atoms with Gasteiger partial charge in [0.05, 0.1) is 12.6 Å². The molecule has 4 nitrogen and oxygen atoms in total. The third kappa shape index (κ3) is 4.05. The fourth-order valence-electron chi connectivity index (χ4n) is 1.71. The zero-order valence-electron chi connectivity index (χ0n) is 11.0. The zero-order chi connectivity index (χ0) is 13.7. The van der Waals surface area contributed by atoms with Gasteiger partial charge >= 0.3 is 0 Å². The van der Waals surface area contributed by atoms with Crippen molar-refractivity contribution in [1.82, 2.24) is 9.80 Å². The van der Waals surface area contributed by atoms with Crippen molar-refractivity contribution in [3.63, 3.8) is 0 Å². The molecule has 1 heterocycles. The van der Waals surface area contributed by atoms with Crippen LogP contribution in [0.2, 0.25) is 0 Å². The van der Waals surface area contributed by atoms with Gasteiger partial charge in [-0.1, -0.05) is 6.92 Å². The molecule has 1 aromatic heterocycles. The molecule has 0 saturated heterocycles. The molecule has 2 N–H and O–H groups in total. The summed E-state index contributed by atoms with van der Waals surface area (Å²) in [6.45, 7) is 3.77. The van der Waals surface area contributed by atoms with Crippen LogP contribution in [0, 0.1) is 0 Å². The molecule has 0 bridgehead atoms. The van der Waals surface area contributed by atoms with Crippen molar-refractivity contribution in [2.24, 2.45) is 5.73 Å². The van der Waals surface area contributed by atoms with Crippen molar-refractivity contribution in [3.8, 4) is 0 Å². The third-order valence-corrected chi connectivity index (χ3v) is 4.62. The fraction of sp³-hybridized carbons (Fsp3) is 0.583. The number of carbonyl (C=O) groups is 1. The van der Waals surface area contributed by atoms with Crippen molar-refractivity contribution in [2.45, 2.75) is 13.0 Å². The fourth-order valence-corrected chi connectivity index (χ4v) is 3.30. The summed E-state index contributed by atoms with van der Waals surface area (Å²) < 4.78 is 1.07. The number of halogens is 1. The van der Waals surface area contributed by atoms with Crippen molar-refractivity contribution in [2.75, 3.05) is 33.7 Å². The highest BCUT2D eigenvalue weighted by Gasteiger charge is 2.22. The maximum absolute atomic E-state index is 11.8. The smallest absolute Gasteiger partial charge is 0.236 e. The first-order valence-electron chi connectivity index (χ1n) is 5.87. The van der Waals surface area contributed by atoms with Crippen LogP contribution >= 0.6 is 27.3 Å². The number of thiophene rings is 1. The lowest BCUT2D eigenvalue weighted by Crippen LogP contribution is -2.40. The number of hydrogen-bond donors (Lipinski definition) is 1. The Balaban J connectivity index is 2.81. The topological polar surface area (TPSA) is 49.6 Å². The molecule has 0 aliphatic carbocycles. The zero-order valence-corrected chi connectivity index (χ0v) is 13.4. The summed E-state index contributed by atoms with van der Waals surface area (Å²) >= 11 is 5.12. The molecule has 0 aliphatic rings. The minimum absolute atomic E-state index is 0.103. The third-order valence-electron chi connectivity index (χ3n) is 2.82. The lowest BCUT2D eigenvalue weighted by molar-refractivity contribution is -0.130. The maximum atomic E-state index is 11.8. The molecule has 0 aliphatic heterocycles. The van der Waals surface area contributed by atoms with Crippen LogP contribution in [-0.2, 0) is 4.79 Å². The Morgan fingerprint density at radius 2 is 2.22 bits per heavy atom. The van der Waals surface area contributed by atoms with Crippen LogP contribution in [0.5, 0.6) is 0 Å². The van der Waals surface area contributed by atoms with Crippen molar-refractivity contribution >= 4 is 33.2 Å². The Kier molecular flexibility index (Phi) is 6.28. The average molecular weight is 334 g/mol. The largest absolute Gasteiger partial charge is 0.348 e. The lowest BCUT2D eigenvalue weighted by atomic mass is 10.2. The van der Waals surface area contributed by atoms with Crippen LogP contribution < -0.4 is 5.73 Å². The second-order valence-electron chi connectivity index (χ2n) is 4.27. The van der Waals surface area contributed by atoms with Gasteiger partial charge in [-0.15, -0.1) is 11.3 Å². The highest BCUT2D eigenvalue weighted by atomic mass is 79.9.